The fraction of sp³-hybridized carbons (Fsp3) is 0.500. The second kappa shape index (κ2) is 4.89. The number of thiophene rings is 1. The van der Waals surface area contributed by atoms with Gasteiger partial charge in [0.2, 0.25) is 0 Å². The molecule has 1 aromatic carbocycles. The van der Waals surface area contributed by atoms with Crippen molar-refractivity contribution < 1.29 is 0 Å². The summed E-state index contributed by atoms with van der Waals surface area (Å²) in [6, 6.07) is 10.3. The monoisotopic (exact) mass is 272 g/mol. The Balaban J connectivity index is 1.39. The molecule has 19 heavy (non-hydrogen) atoms. The molecule has 0 spiro atoms. The van der Waals surface area contributed by atoms with Crippen LogP contribution in [-0.2, 0) is 6.54 Å². The first kappa shape index (κ1) is 11.9. The van der Waals surface area contributed by atoms with Crippen molar-refractivity contribution in [3.8, 4) is 0 Å². The summed E-state index contributed by atoms with van der Waals surface area (Å²) in [4.78, 5) is 2.67. The number of fused-ring (bicyclic) bond motifs is 1. The Morgan fingerprint density at radius 2 is 2.11 bits per heavy atom. The lowest BCUT2D eigenvalue weighted by atomic mass is 10.1. The highest BCUT2D eigenvalue weighted by molar-refractivity contribution is 7.17. The van der Waals surface area contributed by atoms with Crippen molar-refractivity contribution in [1.82, 2.24) is 10.2 Å². The molecule has 2 nitrogen and oxygen atoms in total. The van der Waals surface area contributed by atoms with Crippen LogP contribution in [0.5, 0.6) is 0 Å². The van der Waals surface area contributed by atoms with Gasteiger partial charge in [0.25, 0.3) is 0 Å². The van der Waals surface area contributed by atoms with Gasteiger partial charge in [-0.15, -0.1) is 11.3 Å². The van der Waals surface area contributed by atoms with Gasteiger partial charge in [-0.1, -0.05) is 18.2 Å². The van der Waals surface area contributed by atoms with E-state index in [4.69, 9.17) is 0 Å². The lowest BCUT2D eigenvalue weighted by molar-refractivity contribution is 0.317. The first-order chi connectivity index (χ1) is 9.40. The average molecular weight is 272 g/mol. The fourth-order valence-electron chi connectivity index (χ4n) is 3.15. The van der Waals surface area contributed by atoms with E-state index in [-0.39, 0.29) is 0 Å². The van der Waals surface area contributed by atoms with Gasteiger partial charge < -0.3 is 5.32 Å². The normalized spacial score (nSPS) is 24.3. The zero-order valence-electron chi connectivity index (χ0n) is 11.1. The van der Waals surface area contributed by atoms with Gasteiger partial charge >= 0.3 is 0 Å². The minimum absolute atomic E-state index is 0.694. The summed E-state index contributed by atoms with van der Waals surface area (Å²) in [7, 11) is 0. The molecule has 1 N–H and O–H groups in total. The maximum Gasteiger partial charge on any atom is 0.0346 e. The summed E-state index contributed by atoms with van der Waals surface area (Å²) < 4.78 is 1.41. The summed E-state index contributed by atoms with van der Waals surface area (Å²) in [6.07, 6.45) is 4.18. The van der Waals surface area contributed by atoms with Crippen LogP contribution in [0.3, 0.4) is 0 Å². The number of rotatable bonds is 4. The van der Waals surface area contributed by atoms with E-state index in [9.17, 15) is 0 Å². The molecule has 1 aliphatic heterocycles. The molecule has 0 amide bonds. The van der Waals surface area contributed by atoms with E-state index in [2.05, 4.69) is 39.9 Å². The Bertz CT molecular complexity index is 573. The summed E-state index contributed by atoms with van der Waals surface area (Å²) in [5.74, 6) is 0. The number of hydrogen-bond acceptors (Lipinski definition) is 3. The quantitative estimate of drug-likeness (QED) is 0.919. The van der Waals surface area contributed by atoms with Gasteiger partial charge in [0.15, 0.2) is 0 Å². The maximum atomic E-state index is 3.75. The second-order valence-electron chi connectivity index (χ2n) is 5.85. The van der Waals surface area contributed by atoms with Gasteiger partial charge in [-0.25, -0.2) is 0 Å². The largest absolute Gasteiger partial charge is 0.309 e. The molecular weight excluding hydrogens is 252 g/mol. The van der Waals surface area contributed by atoms with E-state index < -0.39 is 0 Å². The van der Waals surface area contributed by atoms with Crippen LogP contribution in [0.1, 0.15) is 24.8 Å². The molecule has 4 rings (SSSR count). The van der Waals surface area contributed by atoms with Gasteiger partial charge in [-0.05, 0) is 41.7 Å². The molecule has 1 unspecified atom stereocenters. The summed E-state index contributed by atoms with van der Waals surface area (Å²) in [5, 5.41) is 7.49. The van der Waals surface area contributed by atoms with Crippen LogP contribution in [0.4, 0.5) is 0 Å². The molecule has 0 bridgehead atoms. The smallest absolute Gasteiger partial charge is 0.0346 e. The van der Waals surface area contributed by atoms with Crippen molar-refractivity contribution in [2.24, 2.45) is 0 Å². The highest BCUT2D eigenvalue weighted by Crippen LogP contribution is 2.30. The lowest BCUT2D eigenvalue weighted by Gasteiger charge is -2.15. The Morgan fingerprint density at radius 1 is 1.21 bits per heavy atom. The maximum absolute atomic E-state index is 3.75. The van der Waals surface area contributed by atoms with Crippen molar-refractivity contribution in [3.05, 3.63) is 35.2 Å². The molecule has 1 atom stereocenters. The zero-order chi connectivity index (χ0) is 12.7. The Morgan fingerprint density at radius 3 is 3.00 bits per heavy atom. The number of nitrogens with zero attached hydrogens (tertiary/aromatic N) is 1. The first-order valence-corrected chi connectivity index (χ1v) is 8.20. The van der Waals surface area contributed by atoms with Crippen LogP contribution < -0.4 is 5.32 Å². The number of nitrogens with one attached hydrogen (secondary N) is 1. The van der Waals surface area contributed by atoms with E-state index in [0.29, 0.717) is 6.04 Å². The molecule has 1 aliphatic carbocycles. The average Bonchev–Trinajstić information content (AvgIpc) is 3.05. The van der Waals surface area contributed by atoms with Crippen molar-refractivity contribution in [2.75, 3.05) is 13.1 Å². The fourth-order valence-corrected chi connectivity index (χ4v) is 4.11. The third kappa shape index (κ3) is 2.42. The van der Waals surface area contributed by atoms with E-state index >= 15 is 0 Å². The van der Waals surface area contributed by atoms with Crippen molar-refractivity contribution >= 4 is 21.4 Å². The SMILES string of the molecule is c1ccc2c(CNC3CCN(C4CC4)C3)csc2c1. The molecule has 2 heterocycles. The van der Waals surface area contributed by atoms with Crippen LogP contribution in [0.2, 0.25) is 0 Å². The Labute approximate surface area is 118 Å². The molecule has 1 aromatic heterocycles. The third-order valence-electron chi connectivity index (χ3n) is 4.43. The van der Waals surface area contributed by atoms with Crippen molar-refractivity contribution in [2.45, 2.75) is 37.9 Å². The predicted octanol–water partition coefficient (Wildman–Crippen LogP) is 3.23. The van der Waals surface area contributed by atoms with E-state index in [0.717, 1.165) is 12.6 Å². The van der Waals surface area contributed by atoms with Crippen LogP contribution >= 0.6 is 11.3 Å². The highest BCUT2D eigenvalue weighted by atomic mass is 32.1. The van der Waals surface area contributed by atoms with E-state index in [1.807, 2.05) is 11.3 Å². The summed E-state index contributed by atoms with van der Waals surface area (Å²) in [5.41, 5.74) is 1.46. The lowest BCUT2D eigenvalue weighted by Crippen LogP contribution is -2.32. The molecule has 3 heteroatoms. The van der Waals surface area contributed by atoms with Crippen LogP contribution in [0.25, 0.3) is 10.1 Å². The van der Waals surface area contributed by atoms with Gasteiger partial charge in [0, 0.05) is 36.4 Å². The molecule has 100 valence electrons. The standard InChI is InChI=1S/C16H20N2S/c1-2-4-16-15(3-1)12(11-19-16)9-17-13-7-8-18(10-13)14-5-6-14/h1-4,11,13-14,17H,5-10H2. The summed E-state index contributed by atoms with van der Waals surface area (Å²) in [6.45, 7) is 3.58. The van der Waals surface area contributed by atoms with E-state index in [1.165, 1.54) is 48.0 Å². The zero-order valence-corrected chi connectivity index (χ0v) is 12.0. The third-order valence-corrected chi connectivity index (χ3v) is 5.44. The molecular formula is C16H20N2S. The minimum Gasteiger partial charge on any atom is -0.309 e. The molecule has 1 saturated heterocycles. The topological polar surface area (TPSA) is 15.3 Å². The van der Waals surface area contributed by atoms with Gasteiger partial charge in [0.1, 0.15) is 0 Å². The molecule has 2 aliphatic rings. The molecule has 0 radical (unpaired) electrons. The van der Waals surface area contributed by atoms with Crippen molar-refractivity contribution in [1.29, 1.82) is 0 Å². The Hall–Kier alpha value is -0.900. The van der Waals surface area contributed by atoms with Crippen molar-refractivity contribution in [3.63, 3.8) is 0 Å². The number of likely N-dealkylation sites (tertiary alicyclic amines) is 1. The Kier molecular flexibility index (Phi) is 3.06. The van der Waals surface area contributed by atoms with Gasteiger partial charge in [-0.2, -0.15) is 0 Å². The minimum atomic E-state index is 0.694. The predicted molar refractivity (Wildman–Crippen MR) is 81.7 cm³/mol. The van der Waals surface area contributed by atoms with E-state index in [1.54, 1.807) is 0 Å². The second-order valence-corrected chi connectivity index (χ2v) is 6.76. The van der Waals surface area contributed by atoms with Crippen LogP contribution in [0, 0.1) is 0 Å². The highest BCUT2D eigenvalue weighted by Gasteiger charge is 2.34. The van der Waals surface area contributed by atoms with Gasteiger partial charge in [0.05, 0.1) is 0 Å². The number of benzene rings is 1. The first-order valence-electron chi connectivity index (χ1n) is 7.33. The van der Waals surface area contributed by atoms with Gasteiger partial charge in [-0.3, -0.25) is 4.90 Å². The molecule has 1 saturated carbocycles. The molecule has 2 fully saturated rings. The number of hydrogen-bond donors (Lipinski definition) is 1. The summed E-state index contributed by atoms with van der Waals surface area (Å²) >= 11 is 1.86. The molecule has 2 aromatic rings. The van der Waals surface area contributed by atoms with Crippen LogP contribution in [-0.4, -0.2) is 30.1 Å². The van der Waals surface area contributed by atoms with Crippen LogP contribution in [0.15, 0.2) is 29.6 Å².